The molecule has 0 amide bonds. The fourth-order valence-corrected chi connectivity index (χ4v) is 2.05. The largest absolute Gasteiger partial charge is 0.330 e. The molecule has 0 saturated carbocycles. The van der Waals surface area contributed by atoms with Crippen molar-refractivity contribution in [1.82, 2.24) is 5.43 Å². The smallest absolute Gasteiger partial charge is 0.158 e. The molecule has 0 bridgehead atoms. The highest BCUT2D eigenvalue weighted by Crippen LogP contribution is 2.35. The molecule has 0 aliphatic heterocycles. The van der Waals surface area contributed by atoms with Gasteiger partial charge in [-0.3, -0.25) is 5.84 Å². The minimum atomic E-state index is -1.44. The first kappa shape index (κ1) is 12.8. The van der Waals surface area contributed by atoms with Gasteiger partial charge in [-0.05, 0) is 36.2 Å². The van der Waals surface area contributed by atoms with Crippen molar-refractivity contribution in [2.75, 3.05) is 6.54 Å². The van der Waals surface area contributed by atoms with Crippen LogP contribution in [0.5, 0.6) is 0 Å². The Morgan fingerprint density at radius 1 is 1.28 bits per heavy atom. The highest BCUT2D eigenvalue weighted by molar-refractivity contribution is 5.36. The maximum absolute atomic E-state index is 14.7. The molecule has 2 rings (SSSR count). The van der Waals surface area contributed by atoms with E-state index < -0.39 is 5.67 Å². The lowest BCUT2D eigenvalue weighted by Gasteiger charge is -2.24. The number of benzene rings is 1. The van der Waals surface area contributed by atoms with Crippen LogP contribution in [0.3, 0.4) is 0 Å². The molecule has 1 aromatic carbocycles. The minimum absolute atomic E-state index is 0.291. The molecule has 96 valence electrons. The van der Waals surface area contributed by atoms with Crippen LogP contribution in [0.4, 0.5) is 4.39 Å². The summed E-state index contributed by atoms with van der Waals surface area (Å²) in [6.07, 6.45) is 6.07. The third-order valence-electron chi connectivity index (χ3n) is 3.18. The first-order valence-corrected chi connectivity index (χ1v) is 6.02. The highest BCUT2D eigenvalue weighted by atomic mass is 19.1. The number of nitrogens with two attached hydrogens (primary N) is 2. The second-order valence-corrected chi connectivity index (χ2v) is 4.44. The van der Waals surface area contributed by atoms with Gasteiger partial charge in [0.1, 0.15) is 0 Å². The summed E-state index contributed by atoms with van der Waals surface area (Å²) in [6.45, 7) is 0.605. The van der Waals surface area contributed by atoms with Gasteiger partial charge < -0.3 is 11.2 Å². The first-order valence-electron chi connectivity index (χ1n) is 6.02. The van der Waals surface area contributed by atoms with Crippen LogP contribution in [0.25, 0.3) is 0 Å². The molecule has 0 fully saturated rings. The number of nitrogens with one attached hydrogen (secondary N) is 1. The zero-order valence-corrected chi connectivity index (χ0v) is 10.2. The Morgan fingerprint density at radius 2 is 2.00 bits per heavy atom. The standard InChI is InChI=1S/C14H18FN3/c15-14(8-5-13(18-17)6-9-14)12-3-1-11(2-4-12)7-10-16/h1-6,8,18H,7,9-10,16-17H2. The number of halogens is 1. The summed E-state index contributed by atoms with van der Waals surface area (Å²) in [5, 5.41) is 0. The number of rotatable bonds is 4. The van der Waals surface area contributed by atoms with Gasteiger partial charge in [-0.2, -0.15) is 0 Å². The van der Waals surface area contributed by atoms with Crippen LogP contribution in [0.2, 0.25) is 0 Å². The van der Waals surface area contributed by atoms with Crippen molar-refractivity contribution in [3.8, 4) is 0 Å². The van der Waals surface area contributed by atoms with Gasteiger partial charge in [0, 0.05) is 12.1 Å². The lowest BCUT2D eigenvalue weighted by molar-refractivity contribution is 0.234. The van der Waals surface area contributed by atoms with Crippen molar-refractivity contribution in [3.05, 3.63) is 59.3 Å². The Balaban J connectivity index is 2.17. The topological polar surface area (TPSA) is 64.1 Å². The van der Waals surface area contributed by atoms with Gasteiger partial charge in [0.15, 0.2) is 5.67 Å². The van der Waals surface area contributed by atoms with E-state index in [-0.39, 0.29) is 0 Å². The predicted octanol–water partition coefficient (Wildman–Crippen LogP) is 1.66. The molecule has 1 atom stereocenters. The number of hydrogen-bond acceptors (Lipinski definition) is 3. The SMILES string of the molecule is NCCc1ccc(C2(F)C=CC(NN)=CC2)cc1. The van der Waals surface area contributed by atoms with Crippen molar-refractivity contribution in [1.29, 1.82) is 0 Å². The molecule has 0 radical (unpaired) electrons. The van der Waals surface area contributed by atoms with E-state index in [1.165, 1.54) is 0 Å². The molecule has 1 aliphatic rings. The lowest BCUT2D eigenvalue weighted by atomic mass is 9.88. The average Bonchev–Trinajstić information content (AvgIpc) is 2.41. The number of allylic oxidation sites excluding steroid dienone is 3. The maximum atomic E-state index is 14.7. The molecule has 4 heteroatoms. The van der Waals surface area contributed by atoms with Gasteiger partial charge in [0.2, 0.25) is 0 Å². The van der Waals surface area contributed by atoms with E-state index in [0.29, 0.717) is 18.5 Å². The summed E-state index contributed by atoms with van der Waals surface area (Å²) in [4.78, 5) is 0. The second kappa shape index (κ2) is 5.33. The van der Waals surface area contributed by atoms with Gasteiger partial charge in [-0.15, -0.1) is 0 Å². The summed E-state index contributed by atoms with van der Waals surface area (Å²) in [5.74, 6) is 5.28. The van der Waals surface area contributed by atoms with Crippen molar-refractivity contribution < 1.29 is 4.39 Å². The molecule has 18 heavy (non-hydrogen) atoms. The number of hydrazine groups is 1. The quantitative estimate of drug-likeness (QED) is 0.560. The van der Waals surface area contributed by atoms with Gasteiger partial charge >= 0.3 is 0 Å². The summed E-state index contributed by atoms with van der Waals surface area (Å²) < 4.78 is 14.7. The van der Waals surface area contributed by atoms with Crippen LogP contribution in [0.15, 0.2) is 48.2 Å². The van der Waals surface area contributed by atoms with Crippen LogP contribution >= 0.6 is 0 Å². The van der Waals surface area contributed by atoms with Crippen LogP contribution in [-0.2, 0) is 12.1 Å². The van der Waals surface area contributed by atoms with Crippen LogP contribution < -0.4 is 17.0 Å². The molecule has 0 saturated heterocycles. The van der Waals surface area contributed by atoms with E-state index in [2.05, 4.69) is 5.43 Å². The molecule has 0 heterocycles. The Hall–Kier alpha value is -1.65. The van der Waals surface area contributed by atoms with Crippen LogP contribution in [0, 0.1) is 0 Å². The van der Waals surface area contributed by atoms with E-state index in [9.17, 15) is 4.39 Å². The van der Waals surface area contributed by atoms with Crippen molar-refractivity contribution >= 4 is 0 Å². The van der Waals surface area contributed by atoms with Crippen LogP contribution in [0.1, 0.15) is 17.5 Å². The van der Waals surface area contributed by atoms with Crippen molar-refractivity contribution in [2.24, 2.45) is 11.6 Å². The second-order valence-electron chi connectivity index (χ2n) is 4.44. The van der Waals surface area contributed by atoms with Crippen molar-refractivity contribution in [2.45, 2.75) is 18.5 Å². The summed E-state index contributed by atoms with van der Waals surface area (Å²) >= 11 is 0. The molecule has 1 aliphatic carbocycles. The van der Waals surface area contributed by atoms with E-state index >= 15 is 0 Å². The third kappa shape index (κ3) is 2.60. The Morgan fingerprint density at radius 3 is 2.50 bits per heavy atom. The molecular formula is C14H18FN3. The number of hydrogen-bond donors (Lipinski definition) is 3. The van der Waals surface area contributed by atoms with Gasteiger partial charge in [0.05, 0.1) is 0 Å². The maximum Gasteiger partial charge on any atom is 0.158 e. The summed E-state index contributed by atoms with van der Waals surface area (Å²) in [6, 6.07) is 7.50. The lowest BCUT2D eigenvalue weighted by Crippen LogP contribution is -2.25. The number of alkyl halides is 1. The van der Waals surface area contributed by atoms with Gasteiger partial charge in [-0.25, -0.2) is 4.39 Å². The molecule has 0 spiro atoms. The van der Waals surface area contributed by atoms with Crippen molar-refractivity contribution in [3.63, 3.8) is 0 Å². The molecule has 1 aromatic rings. The predicted molar refractivity (Wildman–Crippen MR) is 71.1 cm³/mol. The molecule has 1 unspecified atom stereocenters. The molecule has 0 aromatic heterocycles. The van der Waals surface area contributed by atoms with Gasteiger partial charge in [0.25, 0.3) is 0 Å². The Kier molecular flexibility index (Phi) is 3.79. The average molecular weight is 247 g/mol. The molecule has 3 nitrogen and oxygen atoms in total. The molecular weight excluding hydrogens is 229 g/mol. The zero-order valence-electron chi connectivity index (χ0n) is 10.2. The zero-order chi connectivity index (χ0) is 13.0. The van der Waals surface area contributed by atoms with E-state index in [1.807, 2.05) is 24.3 Å². The minimum Gasteiger partial charge on any atom is -0.330 e. The fraction of sp³-hybridized carbons (Fsp3) is 0.286. The molecule has 5 N–H and O–H groups in total. The Bertz CT molecular complexity index is 464. The highest BCUT2D eigenvalue weighted by Gasteiger charge is 2.29. The van der Waals surface area contributed by atoms with E-state index in [4.69, 9.17) is 11.6 Å². The summed E-state index contributed by atoms with van der Waals surface area (Å²) in [7, 11) is 0. The Labute approximate surface area is 106 Å². The van der Waals surface area contributed by atoms with E-state index in [1.54, 1.807) is 18.2 Å². The summed E-state index contributed by atoms with van der Waals surface area (Å²) in [5.41, 5.74) is 9.08. The fourth-order valence-electron chi connectivity index (χ4n) is 2.05. The van der Waals surface area contributed by atoms with E-state index in [0.717, 1.165) is 17.7 Å². The third-order valence-corrected chi connectivity index (χ3v) is 3.18. The van der Waals surface area contributed by atoms with Crippen LogP contribution in [-0.4, -0.2) is 6.54 Å². The first-order chi connectivity index (χ1) is 8.68. The van der Waals surface area contributed by atoms with Gasteiger partial charge in [-0.1, -0.05) is 30.3 Å². The monoisotopic (exact) mass is 247 g/mol. The normalized spacial score (nSPS) is 22.7.